The van der Waals surface area contributed by atoms with Gasteiger partial charge in [-0.3, -0.25) is 19.2 Å². The van der Waals surface area contributed by atoms with Crippen molar-refractivity contribution in [2.45, 2.75) is 43.8 Å². The number of rotatable bonds is 14. The number of carboxylic acids is 2. The van der Waals surface area contributed by atoms with E-state index in [1.54, 1.807) is 0 Å². The van der Waals surface area contributed by atoms with E-state index in [0.29, 0.717) is 11.4 Å². The van der Waals surface area contributed by atoms with Crippen LogP contribution in [0.25, 0.3) is 0 Å². The minimum atomic E-state index is -1.33. The Balaban J connectivity index is 2.17. The molecule has 2 aromatic heterocycles. The summed E-state index contributed by atoms with van der Waals surface area (Å²) in [5.74, 6) is -4.82. The Morgan fingerprint density at radius 1 is 0.853 bits per heavy atom. The van der Waals surface area contributed by atoms with Crippen molar-refractivity contribution in [2.75, 3.05) is 6.54 Å². The zero-order chi connectivity index (χ0) is 25.1. The van der Waals surface area contributed by atoms with E-state index < -0.39 is 60.8 Å². The Morgan fingerprint density at radius 2 is 1.38 bits per heavy atom. The van der Waals surface area contributed by atoms with Crippen molar-refractivity contribution in [3.05, 3.63) is 36.4 Å². The second kappa shape index (κ2) is 12.7. The van der Waals surface area contributed by atoms with Gasteiger partial charge in [0.15, 0.2) is 0 Å². The number of nitrogens with two attached hydrogens (primary N) is 1. The van der Waals surface area contributed by atoms with Gasteiger partial charge < -0.3 is 41.9 Å². The van der Waals surface area contributed by atoms with Crippen LogP contribution < -0.4 is 21.7 Å². The molecule has 0 aliphatic carbocycles. The molecular formula is C19H26N8O7. The number of amides is 3. The largest absolute Gasteiger partial charge is 0.481 e. The average Bonchev–Trinajstić information content (AvgIpc) is 3.49. The van der Waals surface area contributed by atoms with Gasteiger partial charge in [-0.15, -0.1) is 0 Å². The molecule has 3 atom stereocenters. The predicted octanol–water partition coefficient (Wildman–Crippen LogP) is -2.72. The fraction of sp³-hybridized carbons (Fsp3) is 0.421. The lowest BCUT2D eigenvalue weighted by Crippen LogP contribution is -2.57. The number of imidazole rings is 2. The summed E-state index contributed by atoms with van der Waals surface area (Å²) in [4.78, 5) is 73.3. The number of hydrogen-bond donors (Lipinski definition) is 8. The summed E-state index contributed by atoms with van der Waals surface area (Å²) in [5, 5.41) is 25.6. The SMILES string of the molecule is NCC(=O)NC(CCC(=O)O)C(=O)NC(Cc1cnc[nH]1)C(=O)NC(Cc1cnc[nH]1)C(=O)O. The monoisotopic (exact) mass is 478 g/mol. The first-order valence-electron chi connectivity index (χ1n) is 10.2. The van der Waals surface area contributed by atoms with E-state index in [9.17, 15) is 29.1 Å². The summed E-state index contributed by atoms with van der Waals surface area (Å²) in [6.45, 7) is -0.428. The highest BCUT2D eigenvalue weighted by Crippen LogP contribution is 2.05. The molecule has 0 aliphatic heterocycles. The average molecular weight is 478 g/mol. The number of nitrogens with zero attached hydrogens (tertiary/aromatic N) is 2. The lowest BCUT2D eigenvalue weighted by atomic mass is 10.1. The van der Waals surface area contributed by atoms with E-state index >= 15 is 0 Å². The smallest absolute Gasteiger partial charge is 0.326 e. The van der Waals surface area contributed by atoms with Crippen LogP contribution in [0.2, 0.25) is 0 Å². The molecule has 0 aliphatic rings. The van der Waals surface area contributed by atoms with Crippen LogP contribution in [0.3, 0.4) is 0 Å². The Kier molecular flexibility index (Phi) is 9.70. The number of carboxylic acid groups (broad SMARTS) is 2. The maximum atomic E-state index is 13.0. The van der Waals surface area contributed by atoms with Crippen LogP contribution in [-0.4, -0.2) is 84.5 Å². The van der Waals surface area contributed by atoms with Crippen molar-refractivity contribution in [2.24, 2.45) is 5.73 Å². The number of hydrogen-bond acceptors (Lipinski definition) is 8. The van der Waals surface area contributed by atoms with Crippen LogP contribution in [0.4, 0.5) is 0 Å². The lowest BCUT2D eigenvalue weighted by Gasteiger charge is -2.24. The van der Waals surface area contributed by atoms with Gasteiger partial charge in [-0.25, -0.2) is 14.8 Å². The molecule has 0 fully saturated rings. The maximum Gasteiger partial charge on any atom is 0.326 e. The topological polar surface area (TPSA) is 245 Å². The Labute approximate surface area is 192 Å². The summed E-state index contributed by atoms with van der Waals surface area (Å²) in [6.07, 6.45) is 4.73. The third-order valence-corrected chi connectivity index (χ3v) is 4.69. The number of H-pyrrole nitrogens is 2. The van der Waals surface area contributed by atoms with Crippen molar-refractivity contribution in [1.82, 2.24) is 35.9 Å². The number of aromatic nitrogens is 4. The van der Waals surface area contributed by atoms with Crippen molar-refractivity contribution < 1.29 is 34.2 Å². The van der Waals surface area contributed by atoms with E-state index in [2.05, 4.69) is 35.9 Å². The van der Waals surface area contributed by atoms with Crippen LogP contribution in [0, 0.1) is 0 Å². The fourth-order valence-electron chi connectivity index (χ4n) is 2.98. The molecule has 2 heterocycles. The van der Waals surface area contributed by atoms with Crippen LogP contribution >= 0.6 is 0 Å². The van der Waals surface area contributed by atoms with Gasteiger partial charge >= 0.3 is 11.9 Å². The first kappa shape index (κ1) is 26.0. The fourth-order valence-corrected chi connectivity index (χ4v) is 2.98. The van der Waals surface area contributed by atoms with E-state index in [1.165, 1.54) is 25.0 Å². The molecule has 0 saturated heterocycles. The zero-order valence-corrected chi connectivity index (χ0v) is 18.0. The van der Waals surface area contributed by atoms with E-state index in [0.717, 1.165) is 0 Å². The second-order valence-electron chi connectivity index (χ2n) is 7.28. The third-order valence-electron chi connectivity index (χ3n) is 4.69. The highest BCUT2D eigenvalue weighted by atomic mass is 16.4. The number of aliphatic carboxylic acids is 2. The first-order chi connectivity index (χ1) is 16.2. The van der Waals surface area contributed by atoms with Gasteiger partial charge in [0.25, 0.3) is 0 Å². The van der Waals surface area contributed by atoms with Crippen LogP contribution in [0.15, 0.2) is 25.0 Å². The van der Waals surface area contributed by atoms with Gasteiger partial charge in [-0.05, 0) is 6.42 Å². The van der Waals surface area contributed by atoms with Gasteiger partial charge in [0, 0.05) is 43.0 Å². The molecule has 0 radical (unpaired) electrons. The number of aromatic amines is 2. The van der Waals surface area contributed by atoms with Gasteiger partial charge in [-0.2, -0.15) is 0 Å². The zero-order valence-electron chi connectivity index (χ0n) is 18.0. The van der Waals surface area contributed by atoms with Gasteiger partial charge in [-0.1, -0.05) is 0 Å². The van der Waals surface area contributed by atoms with Gasteiger partial charge in [0.2, 0.25) is 17.7 Å². The summed E-state index contributed by atoms with van der Waals surface area (Å²) in [7, 11) is 0. The van der Waals surface area contributed by atoms with E-state index in [1.807, 2.05) is 0 Å². The van der Waals surface area contributed by atoms with Crippen molar-refractivity contribution in [3.63, 3.8) is 0 Å². The molecule has 2 rings (SSSR count). The molecule has 3 amide bonds. The number of carbonyl (C=O) groups is 5. The normalized spacial score (nSPS) is 13.3. The quantitative estimate of drug-likeness (QED) is 0.139. The standard InChI is InChI=1S/C19H26N8O7/c20-5-15(28)25-12(1-2-16(29)30)17(31)26-13(3-10-6-21-8-23-10)18(32)27-14(19(33)34)4-11-7-22-9-24-11/h6-9,12-14H,1-5,20H2,(H,21,23)(H,22,24)(H,25,28)(H,26,31)(H,27,32)(H,29,30)(H,33,34). The molecule has 0 aromatic carbocycles. The highest BCUT2D eigenvalue weighted by molar-refractivity contribution is 5.94. The third kappa shape index (κ3) is 8.34. The predicted molar refractivity (Wildman–Crippen MR) is 114 cm³/mol. The molecule has 34 heavy (non-hydrogen) atoms. The molecule has 3 unspecified atom stereocenters. The summed E-state index contributed by atoms with van der Waals surface area (Å²) < 4.78 is 0. The lowest BCUT2D eigenvalue weighted by molar-refractivity contribution is -0.142. The molecular weight excluding hydrogens is 452 g/mol. The Hall–Kier alpha value is -4.27. The molecule has 2 aromatic rings. The van der Waals surface area contributed by atoms with Crippen LogP contribution in [0.1, 0.15) is 24.2 Å². The van der Waals surface area contributed by atoms with Crippen molar-refractivity contribution in [3.8, 4) is 0 Å². The molecule has 0 bridgehead atoms. The van der Waals surface area contributed by atoms with Crippen LogP contribution in [-0.2, 0) is 36.8 Å². The molecule has 15 heteroatoms. The first-order valence-corrected chi connectivity index (χ1v) is 10.2. The Morgan fingerprint density at radius 3 is 1.85 bits per heavy atom. The van der Waals surface area contributed by atoms with Gasteiger partial charge in [0.1, 0.15) is 18.1 Å². The Bertz CT molecular complexity index is 977. The molecule has 15 nitrogen and oxygen atoms in total. The molecule has 0 saturated carbocycles. The van der Waals surface area contributed by atoms with E-state index in [-0.39, 0.29) is 19.3 Å². The van der Waals surface area contributed by atoms with Gasteiger partial charge in [0.05, 0.1) is 19.2 Å². The molecule has 9 N–H and O–H groups in total. The maximum absolute atomic E-state index is 13.0. The second-order valence-corrected chi connectivity index (χ2v) is 7.28. The van der Waals surface area contributed by atoms with E-state index in [4.69, 9.17) is 10.8 Å². The summed E-state index contributed by atoms with van der Waals surface area (Å²) in [5.41, 5.74) is 6.20. The van der Waals surface area contributed by atoms with Crippen molar-refractivity contribution in [1.29, 1.82) is 0 Å². The summed E-state index contributed by atoms with van der Waals surface area (Å²) >= 11 is 0. The molecule has 0 spiro atoms. The number of carbonyl (C=O) groups excluding carboxylic acids is 3. The minimum absolute atomic E-state index is 0.0789. The minimum Gasteiger partial charge on any atom is -0.481 e. The van der Waals surface area contributed by atoms with Crippen molar-refractivity contribution >= 4 is 29.7 Å². The molecule has 184 valence electrons. The highest BCUT2D eigenvalue weighted by Gasteiger charge is 2.30. The summed E-state index contributed by atoms with van der Waals surface area (Å²) in [6, 6.07) is -3.86. The number of nitrogens with one attached hydrogen (secondary N) is 5. The van der Waals surface area contributed by atoms with Crippen LogP contribution in [0.5, 0.6) is 0 Å².